The van der Waals surface area contributed by atoms with Crippen molar-refractivity contribution >= 4 is 34.6 Å². The summed E-state index contributed by atoms with van der Waals surface area (Å²) in [5, 5.41) is 0.660. The summed E-state index contributed by atoms with van der Waals surface area (Å²) in [5.74, 6) is -0.0296. The lowest BCUT2D eigenvalue weighted by Gasteiger charge is -2.23. The quantitative estimate of drug-likeness (QED) is 0.851. The van der Waals surface area contributed by atoms with Crippen LogP contribution in [-0.4, -0.2) is 36.3 Å². The van der Waals surface area contributed by atoms with Crippen LogP contribution >= 0.6 is 11.6 Å². The van der Waals surface area contributed by atoms with Crippen LogP contribution < -0.4 is 4.90 Å². The van der Waals surface area contributed by atoms with Crippen molar-refractivity contribution in [3.8, 4) is 0 Å². The summed E-state index contributed by atoms with van der Waals surface area (Å²) >= 11 is 5.93. The number of aliphatic imine (C=N–C) groups is 1. The molecular weight excluding hydrogens is 322 g/mol. The van der Waals surface area contributed by atoms with Crippen LogP contribution in [0.25, 0.3) is 0 Å². The zero-order valence-corrected chi connectivity index (χ0v) is 14.0. The smallest absolute Gasteiger partial charge is 0.278 e. The number of para-hydroxylation sites is 1. The molecule has 0 aromatic heterocycles. The van der Waals surface area contributed by atoms with Crippen LogP contribution in [0.1, 0.15) is 18.4 Å². The van der Waals surface area contributed by atoms with E-state index in [-0.39, 0.29) is 5.91 Å². The largest absolute Gasteiger partial charge is 0.293 e. The molecule has 2 heterocycles. The van der Waals surface area contributed by atoms with Gasteiger partial charge in [-0.1, -0.05) is 29.8 Å². The number of nitrogens with zero attached hydrogens (tertiary/aromatic N) is 3. The monoisotopic (exact) mass is 339 g/mol. The summed E-state index contributed by atoms with van der Waals surface area (Å²) in [4.78, 5) is 21.7. The first-order valence-electron chi connectivity index (χ1n) is 8.20. The van der Waals surface area contributed by atoms with Crippen LogP contribution in [0.3, 0.4) is 0 Å². The summed E-state index contributed by atoms with van der Waals surface area (Å²) in [6.07, 6.45) is 2.41. The standard InChI is InChI=1S/C19H18ClN3O/c20-14-7-9-15(10-8-14)21-18-16-5-1-2-6-17(16)23(19(18)24)13-22-11-3-4-12-22/h1-2,5-10H,3-4,11-13H2. The minimum Gasteiger partial charge on any atom is -0.293 e. The number of hydrogen-bond donors (Lipinski definition) is 0. The fourth-order valence-electron chi connectivity index (χ4n) is 3.28. The van der Waals surface area contributed by atoms with Gasteiger partial charge in [0.05, 0.1) is 18.0 Å². The lowest BCUT2D eigenvalue weighted by molar-refractivity contribution is -0.112. The van der Waals surface area contributed by atoms with Crippen molar-refractivity contribution in [2.45, 2.75) is 12.8 Å². The highest BCUT2D eigenvalue weighted by Gasteiger charge is 2.34. The molecular formula is C19H18ClN3O. The van der Waals surface area contributed by atoms with E-state index in [1.54, 1.807) is 12.1 Å². The number of anilines is 1. The Morgan fingerprint density at radius 2 is 1.71 bits per heavy atom. The molecule has 24 heavy (non-hydrogen) atoms. The number of fused-ring (bicyclic) bond motifs is 1. The number of halogens is 1. The second-order valence-corrected chi connectivity index (χ2v) is 6.59. The Kier molecular flexibility index (Phi) is 4.08. The van der Waals surface area contributed by atoms with Crippen LogP contribution in [0.2, 0.25) is 5.02 Å². The number of likely N-dealkylation sites (tertiary alicyclic amines) is 1. The molecule has 4 rings (SSSR count). The Morgan fingerprint density at radius 1 is 1.00 bits per heavy atom. The predicted molar refractivity (Wildman–Crippen MR) is 97.3 cm³/mol. The van der Waals surface area contributed by atoms with E-state index in [1.807, 2.05) is 41.3 Å². The molecule has 4 nitrogen and oxygen atoms in total. The molecule has 0 aliphatic carbocycles. The van der Waals surface area contributed by atoms with E-state index in [0.29, 0.717) is 17.4 Å². The average molecular weight is 340 g/mol. The van der Waals surface area contributed by atoms with Crippen molar-refractivity contribution in [1.82, 2.24) is 4.90 Å². The van der Waals surface area contributed by atoms with Crippen LogP contribution in [0, 0.1) is 0 Å². The first-order valence-corrected chi connectivity index (χ1v) is 8.58. The Morgan fingerprint density at radius 3 is 2.46 bits per heavy atom. The molecule has 0 bridgehead atoms. The first-order chi connectivity index (χ1) is 11.7. The molecule has 0 N–H and O–H groups in total. The van der Waals surface area contributed by atoms with Crippen molar-refractivity contribution < 1.29 is 4.79 Å². The zero-order valence-electron chi connectivity index (χ0n) is 13.3. The number of carbonyl (C=O) groups is 1. The van der Waals surface area contributed by atoms with E-state index in [4.69, 9.17) is 11.6 Å². The second-order valence-electron chi connectivity index (χ2n) is 6.15. The summed E-state index contributed by atoms with van der Waals surface area (Å²) in [6, 6.07) is 15.1. The van der Waals surface area contributed by atoms with Gasteiger partial charge in [-0.3, -0.25) is 14.6 Å². The van der Waals surface area contributed by atoms with Gasteiger partial charge in [0.2, 0.25) is 0 Å². The van der Waals surface area contributed by atoms with Crippen molar-refractivity contribution in [1.29, 1.82) is 0 Å². The molecule has 2 aromatic rings. The van der Waals surface area contributed by atoms with Crippen molar-refractivity contribution in [3.05, 3.63) is 59.1 Å². The molecule has 122 valence electrons. The number of benzene rings is 2. The van der Waals surface area contributed by atoms with Gasteiger partial charge in [0, 0.05) is 10.6 Å². The fourth-order valence-corrected chi connectivity index (χ4v) is 3.40. The maximum atomic E-state index is 13.0. The van der Waals surface area contributed by atoms with Gasteiger partial charge in [0.1, 0.15) is 5.71 Å². The normalized spacial score (nSPS) is 19.3. The Labute approximate surface area is 146 Å². The average Bonchev–Trinajstić information content (AvgIpc) is 3.20. The first kappa shape index (κ1) is 15.4. The summed E-state index contributed by atoms with van der Waals surface area (Å²) in [6.45, 7) is 2.74. The third kappa shape index (κ3) is 2.83. The lowest BCUT2D eigenvalue weighted by Crippen LogP contribution is -2.39. The number of hydrogen-bond acceptors (Lipinski definition) is 3. The maximum Gasteiger partial charge on any atom is 0.278 e. The van der Waals surface area contributed by atoms with Crippen LogP contribution in [0.5, 0.6) is 0 Å². The van der Waals surface area contributed by atoms with Crippen LogP contribution in [0.15, 0.2) is 53.5 Å². The molecule has 2 aliphatic rings. The van der Waals surface area contributed by atoms with E-state index in [2.05, 4.69) is 9.89 Å². The molecule has 2 aromatic carbocycles. The molecule has 1 fully saturated rings. The SMILES string of the molecule is O=C1C(=Nc2ccc(Cl)cc2)c2ccccc2N1CN1CCCC1. The van der Waals surface area contributed by atoms with Crippen molar-refractivity contribution in [2.75, 3.05) is 24.7 Å². The Hall–Kier alpha value is -2.17. The van der Waals surface area contributed by atoms with Gasteiger partial charge in [-0.25, -0.2) is 4.99 Å². The van der Waals surface area contributed by atoms with Gasteiger partial charge in [-0.2, -0.15) is 0 Å². The topological polar surface area (TPSA) is 35.9 Å². The van der Waals surface area contributed by atoms with Crippen molar-refractivity contribution in [3.63, 3.8) is 0 Å². The number of rotatable bonds is 3. The van der Waals surface area contributed by atoms with E-state index in [9.17, 15) is 4.79 Å². The highest BCUT2D eigenvalue weighted by molar-refractivity contribution is 6.54. The third-order valence-electron chi connectivity index (χ3n) is 4.51. The van der Waals surface area contributed by atoms with Crippen molar-refractivity contribution in [2.24, 2.45) is 4.99 Å². The minimum absolute atomic E-state index is 0.0296. The fraction of sp³-hybridized carbons (Fsp3) is 0.263. The molecule has 0 radical (unpaired) electrons. The molecule has 2 aliphatic heterocycles. The number of amides is 1. The molecule has 0 saturated carbocycles. The maximum absolute atomic E-state index is 13.0. The molecule has 0 spiro atoms. The second kappa shape index (κ2) is 6.38. The number of carbonyl (C=O) groups excluding carboxylic acids is 1. The van der Waals surface area contributed by atoms with Crippen LogP contribution in [0.4, 0.5) is 11.4 Å². The Bertz CT molecular complexity index is 795. The van der Waals surface area contributed by atoms with Gasteiger partial charge >= 0.3 is 0 Å². The zero-order chi connectivity index (χ0) is 16.5. The molecule has 5 heteroatoms. The van der Waals surface area contributed by atoms with E-state index in [0.717, 1.165) is 30.0 Å². The lowest BCUT2D eigenvalue weighted by atomic mass is 10.1. The summed E-state index contributed by atoms with van der Waals surface area (Å²) in [7, 11) is 0. The van der Waals surface area contributed by atoms with E-state index in [1.165, 1.54) is 12.8 Å². The van der Waals surface area contributed by atoms with Gasteiger partial charge in [0.15, 0.2) is 0 Å². The minimum atomic E-state index is -0.0296. The summed E-state index contributed by atoms with van der Waals surface area (Å²) < 4.78 is 0. The van der Waals surface area contributed by atoms with Crippen LogP contribution in [-0.2, 0) is 4.79 Å². The molecule has 1 saturated heterocycles. The van der Waals surface area contributed by atoms with E-state index < -0.39 is 0 Å². The Balaban J connectivity index is 1.70. The third-order valence-corrected chi connectivity index (χ3v) is 4.76. The van der Waals surface area contributed by atoms with Gasteiger partial charge in [-0.05, 0) is 56.3 Å². The predicted octanol–water partition coefficient (Wildman–Crippen LogP) is 3.86. The highest BCUT2D eigenvalue weighted by atomic mass is 35.5. The van der Waals surface area contributed by atoms with Gasteiger partial charge in [0.25, 0.3) is 5.91 Å². The molecule has 1 amide bonds. The van der Waals surface area contributed by atoms with Gasteiger partial charge < -0.3 is 0 Å². The van der Waals surface area contributed by atoms with E-state index >= 15 is 0 Å². The molecule has 0 unspecified atom stereocenters. The molecule has 0 atom stereocenters. The van der Waals surface area contributed by atoms with Gasteiger partial charge in [-0.15, -0.1) is 0 Å². The summed E-state index contributed by atoms with van der Waals surface area (Å²) in [5.41, 5.74) is 3.09. The highest BCUT2D eigenvalue weighted by Crippen LogP contribution is 2.31.